The van der Waals surface area contributed by atoms with Gasteiger partial charge in [-0.25, -0.2) is 9.97 Å². The predicted molar refractivity (Wildman–Crippen MR) is 123 cm³/mol. The zero-order valence-corrected chi connectivity index (χ0v) is 18.3. The van der Waals surface area contributed by atoms with E-state index in [0.717, 1.165) is 22.6 Å². The molecule has 2 aliphatic rings. The molecular formula is C25H22N6O2. The second kappa shape index (κ2) is 6.96. The summed E-state index contributed by atoms with van der Waals surface area (Å²) >= 11 is 0. The number of carbonyl (C=O) groups excluding carboxylic acids is 2. The fourth-order valence-corrected chi connectivity index (χ4v) is 5.42. The summed E-state index contributed by atoms with van der Waals surface area (Å²) in [5, 5.41) is 3.05. The first-order valence-corrected chi connectivity index (χ1v) is 10.9. The number of pyridine rings is 2. The molecule has 8 nitrogen and oxygen atoms in total. The van der Waals surface area contributed by atoms with Gasteiger partial charge in [-0.2, -0.15) is 0 Å². The van der Waals surface area contributed by atoms with Crippen LogP contribution in [0.15, 0.2) is 61.1 Å². The fraction of sp³-hybridized carbons (Fsp3) is 0.240. The van der Waals surface area contributed by atoms with Crippen molar-refractivity contribution in [3.8, 4) is 0 Å². The van der Waals surface area contributed by atoms with Gasteiger partial charge in [-0.15, -0.1) is 0 Å². The van der Waals surface area contributed by atoms with Crippen molar-refractivity contribution in [1.29, 1.82) is 0 Å². The summed E-state index contributed by atoms with van der Waals surface area (Å²) in [6.45, 7) is 2.33. The second-order valence-corrected chi connectivity index (χ2v) is 8.66. The lowest BCUT2D eigenvalue weighted by atomic mass is 9.73. The van der Waals surface area contributed by atoms with Crippen LogP contribution in [0, 0.1) is 6.92 Å². The lowest BCUT2D eigenvalue weighted by Crippen LogP contribution is -2.42. The minimum absolute atomic E-state index is 0.0820. The molecule has 1 fully saturated rings. The number of hydrogen-bond donors (Lipinski definition) is 1. The molecule has 2 aliphatic heterocycles. The van der Waals surface area contributed by atoms with E-state index in [0.29, 0.717) is 29.7 Å². The van der Waals surface area contributed by atoms with Crippen LogP contribution >= 0.6 is 0 Å². The van der Waals surface area contributed by atoms with Gasteiger partial charge in [0.25, 0.3) is 5.91 Å². The third-order valence-electron chi connectivity index (χ3n) is 7.06. The monoisotopic (exact) mass is 438 g/mol. The molecule has 164 valence electrons. The number of fused-ring (bicyclic) bond motifs is 3. The molecule has 0 saturated carbocycles. The van der Waals surface area contributed by atoms with Crippen LogP contribution in [0.4, 0.5) is 5.69 Å². The highest BCUT2D eigenvalue weighted by molar-refractivity contribution is 6.09. The minimum atomic E-state index is -0.874. The van der Waals surface area contributed by atoms with Crippen molar-refractivity contribution in [2.75, 3.05) is 11.9 Å². The first-order valence-electron chi connectivity index (χ1n) is 10.9. The molecule has 0 aliphatic carbocycles. The number of imidazole rings is 1. The molecule has 1 N–H and O–H groups in total. The summed E-state index contributed by atoms with van der Waals surface area (Å²) in [6.07, 6.45) is 5.61. The summed E-state index contributed by atoms with van der Waals surface area (Å²) in [5.41, 5.74) is 3.41. The van der Waals surface area contributed by atoms with Crippen molar-refractivity contribution in [1.82, 2.24) is 24.4 Å². The van der Waals surface area contributed by atoms with Crippen LogP contribution in [0.25, 0.3) is 11.2 Å². The predicted octanol–water partition coefficient (Wildman–Crippen LogP) is 3.15. The van der Waals surface area contributed by atoms with Gasteiger partial charge < -0.3 is 14.8 Å². The summed E-state index contributed by atoms with van der Waals surface area (Å²) in [5.74, 6) is 0.536. The Morgan fingerprint density at radius 2 is 2.00 bits per heavy atom. The normalized spacial score (nSPS) is 21.6. The van der Waals surface area contributed by atoms with E-state index in [1.165, 1.54) is 0 Å². The lowest BCUT2D eigenvalue weighted by molar-refractivity contribution is -0.121. The lowest BCUT2D eigenvalue weighted by Gasteiger charge is -2.34. The maximum Gasteiger partial charge on any atom is 0.256 e. The molecule has 3 aromatic heterocycles. The average molecular weight is 438 g/mol. The van der Waals surface area contributed by atoms with E-state index in [1.807, 2.05) is 54.9 Å². The number of carbonyl (C=O) groups is 2. The Hall–Kier alpha value is -4.07. The van der Waals surface area contributed by atoms with Crippen LogP contribution in [-0.2, 0) is 17.3 Å². The van der Waals surface area contributed by atoms with Gasteiger partial charge in [0.15, 0.2) is 5.65 Å². The maximum absolute atomic E-state index is 14.0. The van der Waals surface area contributed by atoms with Crippen LogP contribution in [0.3, 0.4) is 0 Å². The maximum atomic E-state index is 14.0. The Bertz CT molecular complexity index is 1430. The summed E-state index contributed by atoms with van der Waals surface area (Å²) in [6, 6.07) is 12.7. The van der Waals surface area contributed by atoms with Gasteiger partial charge >= 0.3 is 0 Å². The van der Waals surface area contributed by atoms with Crippen LogP contribution in [0.2, 0.25) is 0 Å². The molecule has 8 heteroatoms. The Morgan fingerprint density at radius 1 is 1.15 bits per heavy atom. The zero-order chi connectivity index (χ0) is 22.7. The first-order chi connectivity index (χ1) is 16.0. The molecule has 0 bridgehead atoms. The van der Waals surface area contributed by atoms with Crippen LogP contribution < -0.4 is 5.32 Å². The van der Waals surface area contributed by atoms with E-state index in [9.17, 15) is 9.59 Å². The van der Waals surface area contributed by atoms with E-state index in [1.54, 1.807) is 29.6 Å². The van der Waals surface area contributed by atoms with Crippen molar-refractivity contribution in [2.45, 2.75) is 24.8 Å². The van der Waals surface area contributed by atoms with Crippen molar-refractivity contribution < 1.29 is 9.59 Å². The number of hydrogen-bond acceptors (Lipinski definition) is 5. The minimum Gasteiger partial charge on any atom is -0.330 e. The number of nitrogens with one attached hydrogen (secondary N) is 1. The van der Waals surface area contributed by atoms with Crippen LogP contribution in [-0.4, -0.2) is 42.8 Å². The number of aryl methyl sites for hydroxylation is 2. The highest BCUT2D eigenvalue weighted by atomic mass is 16.2. The Labute approximate surface area is 190 Å². The number of para-hydroxylation sites is 1. The molecule has 33 heavy (non-hydrogen) atoms. The number of rotatable bonds is 2. The topological polar surface area (TPSA) is 93.0 Å². The summed E-state index contributed by atoms with van der Waals surface area (Å²) in [4.78, 5) is 42.7. The smallest absolute Gasteiger partial charge is 0.256 e. The summed E-state index contributed by atoms with van der Waals surface area (Å²) in [7, 11) is 1.88. The molecule has 1 saturated heterocycles. The molecule has 2 atom stereocenters. The Morgan fingerprint density at radius 3 is 2.82 bits per heavy atom. The van der Waals surface area contributed by atoms with E-state index in [2.05, 4.69) is 20.3 Å². The molecule has 1 aromatic carbocycles. The molecule has 6 rings (SSSR count). The first kappa shape index (κ1) is 19.6. The number of likely N-dealkylation sites (tertiary alicyclic amines) is 1. The molecule has 1 spiro atoms. The summed E-state index contributed by atoms with van der Waals surface area (Å²) < 4.78 is 1.87. The van der Waals surface area contributed by atoms with E-state index >= 15 is 0 Å². The highest BCUT2D eigenvalue weighted by Crippen LogP contribution is 2.54. The quantitative estimate of drug-likeness (QED) is 0.519. The van der Waals surface area contributed by atoms with E-state index in [4.69, 9.17) is 0 Å². The number of nitrogens with zero attached hydrogens (tertiary/aromatic N) is 5. The van der Waals surface area contributed by atoms with Gasteiger partial charge in [-0.05, 0) is 42.7 Å². The molecule has 0 radical (unpaired) electrons. The van der Waals surface area contributed by atoms with Gasteiger partial charge in [0.2, 0.25) is 5.91 Å². The molecule has 2 amide bonds. The van der Waals surface area contributed by atoms with Gasteiger partial charge in [0.05, 0.1) is 11.6 Å². The third kappa shape index (κ3) is 2.60. The number of anilines is 1. The van der Waals surface area contributed by atoms with E-state index < -0.39 is 11.5 Å². The van der Waals surface area contributed by atoms with Crippen LogP contribution in [0.5, 0.6) is 0 Å². The average Bonchev–Trinajstić information content (AvgIpc) is 3.47. The highest BCUT2D eigenvalue weighted by Gasteiger charge is 2.59. The van der Waals surface area contributed by atoms with E-state index in [-0.39, 0.29) is 11.8 Å². The van der Waals surface area contributed by atoms with Crippen molar-refractivity contribution >= 4 is 28.7 Å². The van der Waals surface area contributed by atoms with Gasteiger partial charge in [0, 0.05) is 37.9 Å². The molecule has 4 aromatic rings. The molecular weight excluding hydrogens is 416 g/mol. The second-order valence-electron chi connectivity index (χ2n) is 8.66. The number of amides is 2. The van der Waals surface area contributed by atoms with Gasteiger partial charge in [-0.1, -0.05) is 24.3 Å². The third-order valence-corrected chi connectivity index (χ3v) is 7.06. The molecule has 5 heterocycles. The van der Waals surface area contributed by atoms with Crippen LogP contribution in [0.1, 0.15) is 39.8 Å². The van der Waals surface area contributed by atoms with Gasteiger partial charge in [0.1, 0.15) is 16.8 Å². The Balaban J connectivity index is 1.53. The van der Waals surface area contributed by atoms with Crippen molar-refractivity contribution in [3.63, 3.8) is 0 Å². The SMILES string of the molecule is Cc1nc2c(C(=O)N3CCC4(C(=O)Nc5ccccc54)C3c3cccnc3)ccnc2n1C. The van der Waals surface area contributed by atoms with Crippen molar-refractivity contribution in [2.24, 2.45) is 7.05 Å². The fourth-order valence-electron chi connectivity index (χ4n) is 5.42. The largest absolute Gasteiger partial charge is 0.330 e. The molecule has 2 unspecified atom stereocenters. The number of aromatic nitrogens is 4. The number of benzene rings is 1. The standard InChI is InChI=1S/C25H22N6O2/c1-15-28-20-17(9-12-27-22(20)30(15)2)23(32)31-13-10-25(21(31)16-6-5-11-26-14-16)18-7-3-4-8-19(18)29-24(25)33/h3-9,11-12,14,21H,10,13H2,1-2H3,(H,29,33). The zero-order valence-electron chi connectivity index (χ0n) is 18.3. The van der Waals surface area contributed by atoms with Crippen molar-refractivity contribution in [3.05, 3.63) is 83.6 Å². The Kier molecular flexibility index (Phi) is 4.14. The van der Waals surface area contributed by atoms with Gasteiger partial charge in [-0.3, -0.25) is 14.6 Å².